The van der Waals surface area contributed by atoms with Gasteiger partial charge in [-0.1, -0.05) is 0 Å². The number of halogens is 3. The maximum absolute atomic E-state index is 11.7. The molecule has 1 rings (SSSR count). The zero-order valence-electron chi connectivity index (χ0n) is 7.27. The summed E-state index contributed by atoms with van der Waals surface area (Å²) in [4.78, 5) is 11.0. The van der Waals surface area contributed by atoms with E-state index in [2.05, 4.69) is 10.2 Å². The predicted octanol–water partition coefficient (Wildman–Crippen LogP) is 1.01. The second-order valence-corrected chi connectivity index (χ2v) is 2.73. The number of hydrogen-bond donors (Lipinski definition) is 2. The van der Waals surface area contributed by atoms with Crippen molar-refractivity contribution in [1.82, 2.24) is 15.5 Å². The van der Waals surface area contributed by atoms with Gasteiger partial charge in [0.15, 0.2) is 0 Å². The number of nitrogens with one attached hydrogen (secondary N) is 2. The van der Waals surface area contributed by atoms with Crippen molar-refractivity contribution < 1.29 is 18.0 Å². The van der Waals surface area contributed by atoms with Crippen LogP contribution in [0.4, 0.5) is 13.2 Å². The van der Waals surface area contributed by atoms with Crippen molar-refractivity contribution in [3.8, 4) is 0 Å². The summed E-state index contributed by atoms with van der Waals surface area (Å²) < 4.78 is 35.1. The molecule has 1 aromatic rings. The zero-order chi connectivity index (χ0) is 10.8. The fourth-order valence-corrected chi connectivity index (χ4v) is 0.805. The molecule has 0 aliphatic carbocycles. The smallest absolute Gasteiger partial charge is 0.342 e. The highest BCUT2D eigenvalue weighted by Gasteiger charge is 2.28. The van der Waals surface area contributed by atoms with Crippen LogP contribution in [-0.4, -0.2) is 28.8 Å². The van der Waals surface area contributed by atoms with E-state index in [9.17, 15) is 18.0 Å². The number of rotatable bonds is 2. The van der Waals surface area contributed by atoms with Crippen LogP contribution in [0.25, 0.3) is 0 Å². The summed E-state index contributed by atoms with van der Waals surface area (Å²) in [6, 6.07) is 1.37. The van der Waals surface area contributed by atoms with Crippen LogP contribution in [0.15, 0.2) is 6.07 Å². The second kappa shape index (κ2) is 3.69. The van der Waals surface area contributed by atoms with Gasteiger partial charge < -0.3 is 5.32 Å². The van der Waals surface area contributed by atoms with Crippen LogP contribution in [0, 0.1) is 6.92 Å². The predicted molar refractivity (Wildman–Crippen MR) is 41.7 cm³/mol. The van der Waals surface area contributed by atoms with Gasteiger partial charge in [-0.05, 0) is 13.0 Å². The van der Waals surface area contributed by atoms with Gasteiger partial charge in [0, 0.05) is 5.69 Å². The Labute approximate surface area is 77.5 Å². The van der Waals surface area contributed by atoms with Crippen molar-refractivity contribution >= 4 is 5.91 Å². The lowest BCUT2D eigenvalue weighted by Crippen LogP contribution is -2.33. The summed E-state index contributed by atoms with van der Waals surface area (Å²) in [6.07, 6.45) is -4.40. The number of H-pyrrole nitrogens is 1. The molecule has 2 N–H and O–H groups in total. The van der Waals surface area contributed by atoms with Gasteiger partial charge in [0.25, 0.3) is 5.91 Å². The first kappa shape index (κ1) is 10.6. The van der Waals surface area contributed by atoms with Crippen molar-refractivity contribution in [2.45, 2.75) is 13.1 Å². The lowest BCUT2D eigenvalue weighted by atomic mass is 10.3. The average molecular weight is 207 g/mol. The highest BCUT2D eigenvalue weighted by molar-refractivity contribution is 5.92. The van der Waals surface area contributed by atoms with Crippen LogP contribution < -0.4 is 5.32 Å². The summed E-state index contributed by atoms with van der Waals surface area (Å²) in [5, 5.41) is 7.67. The number of carbonyl (C=O) groups is 1. The van der Waals surface area contributed by atoms with E-state index in [4.69, 9.17) is 0 Å². The van der Waals surface area contributed by atoms with Gasteiger partial charge >= 0.3 is 6.18 Å². The molecule has 14 heavy (non-hydrogen) atoms. The monoisotopic (exact) mass is 207 g/mol. The highest BCUT2D eigenvalue weighted by Crippen LogP contribution is 2.12. The summed E-state index contributed by atoms with van der Waals surface area (Å²) in [5.74, 6) is -0.841. The summed E-state index contributed by atoms with van der Waals surface area (Å²) in [7, 11) is 0. The Balaban J connectivity index is 2.52. The molecule has 0 aliphatic rings. The average Bonchev–Trinajstić information content (AvgIpc) is 2.46. The topological polar surface area (TPSA) is 57.8 Å². The fourth-order valence-electron chi connectivity index (χ4n) is 0.805. The van der Waals surface area contributed by atoms with E-state index in [0.717, 1.165) is 0 Å². The normalized spacial score (nSPS) is 11.4. The number of alkyl halides is 3. The van der Waals surface area contributed by atoms with Crippen molar-refractivity contribution in [1.29, 1.82) is 0 Å². The highest BCUT2D eigenvalue weighted by atomic mass is 19.4. The first-order valence-electron chi connectivity index (χ1n) is 3.75. The van der Waals surface area contributed by atoms with Gasteiger partial charge in [-0.3, -0.25) is 9.89 Å². The zero-order valence-corrected chi connectivity index (χ0v) is 7.27. The number of nitrogens with zero attached hydrogens (tertiary/aromatic N) is 1. The number of hydrogen-bond acceptors (Lipinski definition) is 2. The maximum Gasteiger partial charge on any atom is 0.405 e. The van der Waals surface area contributed by atoms with Crippen molar-refractivity contribution in [3.63, 3.8) is 0 Å². The lowest BCUT2D eigenvalue weighted by molar-refractivity contribution is -0.123. The van der Waals surface area contributed by atoms with Gasteiger partial charge in [0.1, 0.15) is 12.2 Å². The van der Waals surface area contributed by atoms with Gasteiger partial charge in [0.05, 0.1) is 0 Å². The Morgan fingerprint density at radius 2 is 2.29 bits per heavy atom. The molecule has 7 heteroatoms. The molecule has 1 aromatic heterocycles. The number of aromatic nitrogens is 2. The summed E-state index contributed by atoms with van der Waals surface area (Å²) in [5.41, 5.74) is 0.564. The molecule has 0 saturated carbocycles. The number of aryl methyl sites for hydroxylation is 1. The van der Waals surface area contributed by atoms with Crippen LogP contribution >= 0.6 is 0 Å². The van der Waals surface area contributed by atoms with Gasteiger partial charge in [-0.15, -0.1) is 0 Å². The Morgan fingerprint density at radius 3 is 2.71 bits per heavy atom. The van der Waals surface area contributed by atoms with Crippen LogP contribution in [0.1, 0.15) is 16.2 Å². The van der Waals surface area contributed by atoms with Crippen LogP contribution in [0.2, 0.25) is 0 Å². The fraction of sp³-hybridized carbons (Fsp3) is 0.429. The van der Waals surface area contributed by atoms with Gasteiger partial charge in [0.2, 0.25) is 0 Å². The molecule has 0 spiro atoms. The lowest BCUT2D eigenvalue weighted by Gasteiger charge is -2.06. The van der Waals surface area contributed by atoms with E-state index in [0.29, 0.717) is 5.69 Å². The van der Waals surface area contributed by atoms with E-state index in [-0.39, 0.29) is 5.69 Å². The molecule has 0 aliphatic heterocycles. The third-order valence-corrected chi connectivity index (χ3v) is 1.39. The third-order valence-electron chi connectivity index (χ3n) is 1.39. The molecule has 78 valence electrons. The Kier molecular flexibility index (Phi) is 2.78. The number of amides is 1. The Hall–Kier alpha value is -1.53. The minimum atomic E-state index is -4.40. The van der Waals surface area contributed by atoms with Gasteiger partial charge in [-0.2, -0.15) is 18.3 Å². The van der Waals surface area contributed by atoms with E-state index in [1.165, 1.54) is 6.07 Å². The Bertz CT molecular complexity index is 331. The molecule has 1 heterocycles. The molecule has 0 bridgehead atoms. The maximum atomic E-state index is 11.7. The molecule has 1 amide bonds. The molecule has 0 saturated heterocycles. The van der Waals surface area contributed by atoms with Crippen LogP contribution in [-0.2, 0) is 0 Å². The summed E-state index contributed by atoms with van der Waals surface area (Å²) >= 11 is 0. The van der Waals surface area contributed by atoms with Crippen LogP contribution in [0.5, 0.6) is 0 Å². The minimum absolute atomic E-state index is 0.0493. The number of aromatic amines is 1. The van der Waals surface area contributed by atoms with E-state index in [1.807, 2.05) is 0 Å². The molecular weight excluding hydrogens is 199 g/mol. The minimum Gasteiger partial charge on any atom is -0.342 e. The molecule has 0 radical (unpaired) electrons. The van der Waals surface area contributed by atoms with E-state index >= 15 is 0 Å². The first-order valence-corrected chi connectivity index (χ1v) is 3.75. The molecule has 0 fully saturated rings. The molecule has 0 atom stereocenters. The third kappa shape index (κ3) is 3.08. The standard InChI is InChI=1S/C7H8F3N3O/c1-4-2-5(13-12-4)6(14)11-3-7(8,9)10/h2H,3H2,1H3,(H,11,14)(H,12,13). The van der Waals surface area contributed by atoms with E-state index in [1.54, 1.807) is 12.2 Å². The molecule has 0 aromatic carbocycles. The summed E-state index contributed by atoms with van der Waals surface area (Å²) in [6.45, 7) is 0.297. The Morgan fingerprint density at radius 1 is 1.64 bits per heavy atom. The quantitative estimate of drug-likeness (QED) is 0.760. The van der Waals surface area contributed by atoms with Crippen molar-refractivity contribution in [3.05, 3.63) is 17.5 Å². The van der Waals surface area contributed by atoms with Gasteiger partial charge in [-0.25, -0.2) is 0 Å². The molecular formula is C7H8F3N3O. The van der Waals surface area contributed by atoms with Crippen LogP contribution in [0.3, 0.4) is 0 Å². The first-order chi connectivity index (χ1) is 6.38. The van der Waals surface area contributed by atoms with E-state index < -0.39 is 18.6 Å². The molecule has 0 unspecified atom stereocenters. The van der Waals surface area contributed by atoms with Crippen molar-refractivity contribution in [2.75, 3.05) is 6.54 Å². The second-order valence-electron chi connectivity index (χ2n) is 2.73. The van der Waals surface area contributed by atoms with Crippen molar-refractivity contribution in [2.24, 2.45) is 0 Å². The SMILES string of the molecule is Cc1cc(C(=O)NCC(F)(F)F)n[nH]1. The number of carbonyl (C=O) groups excluding carboxylic acids is 1. The largest absolute Gasteiger partial charge is 0.405 e. The molecule has 4 nitrogen and oxygen atoms in total.